The zero-order chi connectivity index (χ0) is 12.6. The molecule has 0 radical (unpaired) electrons. The van der Waals surface area contributed by atoms with E-state index < -0.39 is 6.10 Å². The Balaban J connectivity index is 1.87. The van der Waals surface area contributed by atoms with Gasteiger partial charge in [0.2, 0.25) is 0 Å². The van der Waals surface area contributed by atoms with Crippen molar-refractivity contribution in [3.8, 4) is 5.75 Å². The first kappa shape index (κ1) is 12.0. The largest absolute Gasteiger partial charge is 0.493 e. The SMILES string of the molecule is NC1(C2COc3ccccc3C2O)CCOCC1. The van der Waals surface area contributed by atoms with Crippen LogP contribution in [-0.4, -0.2) is 30.5 Å². The van der Waals surface area contributed by atoms with Gasteiger partial charge < -0.3 is 20.3 Å². The van der Waals surface area contributed by atoms with E-state index in [1.54, 1.807) is 0 Å². The molecule has 98 valence electrons. The maximum absolute atomic E-state index is 10.5. The van der Waals surface area contributed by atoms with Crippen LogP contribution in [0, 0.1) is 5.92 Å². The summed E-state index contributed by atoms with van der Waals surface area (Å²) in [5.74, 6) is 0.716. The Morgan fingerprint density at radius 2 is 1.94 bits per heavy atom. The van der Waals surface area contributed by atoms with E-state index in [0.29, 0.717) is 19.8 Å². The molecule has 0 saturated carbocycles. The highest BCUT2D eigenvalue weighted by molar-refractivity contribution is 5.37. The fourth-order valence-electron chi connectivity index (χ4n) is 2.95. The Labute approximate surface area is 107 Å². The smallest absolute Gasteiger partial charge is 0.125 e. The van der Waals surface area contributed by atoms with Crippen molar-refractivity contribution in [1.29, 1.82) is 0 Å². The fourth-order valence-corrected chi connectivity index (χ4v) is 2.95. The summed E-state index contributed by atoms with van der Waals surface area (Å²) in [4.78, 5) is 0. The molecule has 0 bridgehead atoms. The highest BCUT2D eigenvalue weighted by atomic mass is 16.5. The number of para-hydroxylation sites is 1. The van der Waals surface area contributed by atoms with Crippen molar-refractivity contribution in [2.45, 2.75) is 24.5 Å². The van der Waals surface area contributed by atoms with Crippen LogP contribution in [0.5, 0.6) is 5.75 Å². The molecule has 1 aromatic rings. The predicted octanol–water partition coefficient (Wildman–Crippen LogP) is 1.24. The Kier molecular flexibility index (Phi) is 3.01. The Morgan fingerprint density at radius 3 is 2.72 bits per heavy atom. The summed E-state index contributed by atoms with van der Waals surface area (Å²) in [7, 11) is 0. The van der Waals surface area contributed by atoms with Crippen LogP contribution in [0.2, 0.25) is 0 Å². The number of ether oxygens (including phenoxy) is 2. The molecule has 2 atom stereocenters. The third-order valence-corrected chi connectivity index (χ3v) is 4.20. The van der Waals surface area contributed by atoms with Gasteiger partial charge in [-0.15, -0.1) is 0 Å². The van der Waals surface area contributed by atoms with E-state index in [9.17, 15) is 5.11 Å². The van der Waals surface area contributed by atoms with Crippen LogP contribution in [0.25, 0.3) is 0 Å². The van der Waals surface area contributed by atoms with Gasteiger partial charge in [0.25, 0.3) is 0 Å². The topological polar surface area (TPSA) is 64.7 Å². The van der Waals surface area contributed by atoms with Crippen LogP contribution in [0.1, 0.15) is 24.5 Å². The predicted molar refractivity (Wildman–Crippen MR) is 67.4 cm³/mol. The van der Waals surface area contributed by atoms with Gasteiger partial charge in [0.15, 0.2) is 0 Å². The van der Waals surface area contributed by atoms with Crippen molar-refractivity contribution in [3.63, 3.8) is 0 Å². The standard InChI is InChI=1S/C14H19NO3/c15-14(5-7-17-8-6-14)11-9-18-12-4-2-1-3-10(12)13(11)16/h1-4,11,13,16H,5-9,15H2. The van der Waals surface area contributed by atoms with Crippen LogP contribution in [0.3, 0.4) is 0 Å². The van der Waals surface area contributed by atoms with Gasteiger partial charge in [-0.1, -0.05) is 18.2 Å². The highest BCUT2D eigenvalue weighted by Gasteiger charge is 2.44. The van der Waals surface area contributed by atoms with Crippen molar-refractivity contribution in [3.05, 3.63) is 29.8 Å². The van der Waals surface area contributed by atoms with E-state index in [0.717, 1.165) is 24.2 Å². The van der Waals surface area contributed by atoms with Crippen molar-refractivity contribution < 1.29 is 14.6 Å². The third kappa shape index (κ3) is 1.90. The molecule has 0 amide bonds. The zero-order valence-corrected chi connectivity index (χ0v) is 10.3. The minimum absolute atomic E-state index is 0.0590. The minimum atomic E-state index is -0.543. The number of rotatable bonds is 1. The summed E-state index contributed by atoms with van der Waals surface area (Å²) in [6.45, 7) is 1.82. The van der Waals surface area contributed by atoms with Crippen molar-refractivity contribution in [2.75, 3.05) is 19.8 Å². The molecule has 3 N–H and O–H groups in total. The van der Waals surface area contributed by atoms with Gasteiger partial charge in [0.1, 0.15) is 5.75 Å². The summed E-state index contributed by atoms with van der Waals surface area (Å²) in [5, 5.41) is 10.5. The molecule has 18 heavy (non-hydrogen) atoms. The third-order valence-electron chi connectivity index (χ3n) is 4.20. The molecule has 4 heteroatoms. The van der Waals surface area contributed by atoms with E-state index in [1.165, 1.54) is 0 Å². The van der Waals surface area contributed by atoms with Gasteiger partial charge in [-0.2, -0.15) is 0 Å². The van der Waals surface area contributed by atoms with Gasteiger partial charge in [-0.05, 0) is 18.9 Å². The number of aliphatic hydroxyl groups excluding tert-OH is 1. The lowest BCUT2D eigenvalue weighted by molar-refractivity contribution is -0.0402. The lowest BCUT2D eigenvalue weighted by Gasteiger charge is -2.44. The second-order valence-corrected chi connectivity index (χ2v) is 5.25. The normalized spacial score (nSPS) is 30.3. The number of nitrogens with two attached hydrogens (primary N) is 1. The Morgan fingerprint density at radius 1 is 1.22 bits per heavy atom. The molecule has 4 nitrogen and oxygen atoms in total. The van der Waals surface area contributed by atoms with Gasteiger partial charge >= 0.3 is 0 Å². The summed E-state index contributed by atoms with van der Waals surface area (Å²) in [5.41, 5.74) is 6.93. The molecular weight excluding hydrogens is 230 g/mol. The molecule has 0 spiro atoms. The van der Waals surface area contributed by atoms with Crippen LogP contribution in [0.15, 0.2) is 24.3 Å². The zero-order valence-electron chi connectivity index (χ0n) is 10.3. The highest BCUT2D eigenvalue weighted by Crippen LogP contribution is 2.42. The maximum atomic E-state index is 10.5. The summed E-state index contributed by atoms with van der Waals surface area (Å²) in [6.07, 6.45) is 1.01. The first-order valence-corrected chi connectivity index (χ1v) is 6.47. The molecular formula is C14H19NO3. The molecule has 2 unspecified atom stereocenters. The summed E-state index contributed by atoms with van der Waals surface area (Å²) in [6, 6.07) is 7.64. The van der Waals surface area contributed by atoms with Gasteiger partial charge in [0, 0.05) is 30.2 Å². The number of hydrogen-bond donors (Lipinski definition) is 2. The second-order valence-electron chi connectivity index (χ2n) is 5.25. The molecule has 0 aliphatic carbocycles. The molecule has 2 aliphatic heterocycles. The molecule has 1 aromatic carbocycles. The van der Waals surface area contributed by atoms with E-state index in [-0.39, 0.29) is 11.5 Å². The van der Waals surface area contributed by atoms with E-state index in [2.05, 4.69) is 0 Å². The average Bonchev–Trinajstić information content (AvgIpc) is 2.40. The first-order chi connectivity index (χ1) is 8.71. The van der Waals surface area contributed by atoms with Gasteiger partial charge in [-0.3, -0.25) is 0 Å². The average molecular weight is 249 g/mol. The van der Waals surface area contributed by atoms with Crippen LogP contribution in [-0.2, 0) is 4.74 Å². The maximum Gasteiger partial charge on any atom is 0.125 e. The lowest BCUT2D eigenvalue weighted by Crippen LogP contribution is -2.55. The minimum Gasteiger partial charge on any atom is -0.493 e. The summed E-state index contributed by atoms with van der Waals surface area (Å²) < 4.78 is 11.1. The number of benzene rings is 1. The molecule has 3 rings (SSSR count). The van der Waals surface area contributed by atoms with Crippen molar-refractivity contribution in [2.24, 2.45) is 11.7 Å². The molecule has 1 fully saturated rings. The fraction of sp³-hybridized carbons (Fsp3) is 0.571. The first-order valence-electron chi connectivity index (χ1n) is 6.47. The number of aliphatic hydroxyl groups is 1. The van der Waals surface area contributed by atoms with E-state index >= 15 is 0 Å². The Hall–Kier alpha value is -1.10. The molecule has 2 heterocycles. The van der Waals surface area contributed by atoms with Crippen LogP contribution < -0.4 is 10.5 Å². The molecule has 2 aliphatic rings. The summed E-state index contributed by atoms with van der Waals surface area (Å²) >= 11 is 0. The van der Waals surface area contributed by atoms with Gasteiger partial charge in [-0.25, -0.2) is 0 Å². The lowest BCUT2D eigenvalue weighted by atomic mass is 9.73. The van der Waals surface area contributed by atoms with Crippen molar-refractivity contribution in [1.82, 2.24) is 0 Å². The van der Waals surface area contributed by atoms with E-state index in [1.807, 2.05) is 24.3 Å². The van der Waals surface area contributed by atoms with Crippen LogP contribution in [0.4, 0.5) is 0 Å². The van der Waals surface area contributed by atoms with Crippen LogP contribution >= 0.6 is 0 Å². The molecule has 0 aromatic heterocycles. The van der Waals surface area contributed by atoms with Crippen molar-refractivity contribution >= 4 is 0 Å². The van der Waals surface area contributed by atoms with Gasteiger partial charge in [0.05, 0.1) is 12.7 Å². The molecule has 1 saturated heterocycles. The monoisotopic (exact) mass is 249 g/mol. The number of fused-ring (bicyclic) bond motifs is 1. The quantitative estimate of drug-likeness (QED) is 0.786. The second kappa shape index (κ2) is 4.53. The Bertz CT molecular complexity index is 429. The number of hydrogen-bond acceptors (Lipinski definition) is 4. The van der Waals surface area contributed by atoms with E-state index in [4.69, 9.17) is 15.2 Å².